The van der Waals surface area contributed by atoms with Gasteiger partial charge in [0.05, 0.1) is 6.54 Å². The molecule has 2 amide bonds. The number of carbonyl (C=O) groups excluding carboxylic acids is 1. The van der Waals surface area contributed by atoms with Gasteiger partial charge in [0.1, 0.15) is 12.2 Å². The molecule has 2 fully saturated rings. The lowest BCUT2D eigenvalue weighted by Gasteiger charge is -2.24. The lowest BCUT2D eigenvalue weighted by molar-refractivity contribution is 0.0573. The minimum Gasteiger partial charge on any atom is -0.474 e. The van der Waals surface area contributed by atoms with Crippen molar-refractivity contribution in [3.05, 3.63) is 59.8 Å². The van der Waals surface area contributed by atoms with Gasteiger partial charge in [0.2, 0.25) is 5.88 Å². The van der Waals surface area contributed by atoms with Crippen molar-refractivity contribution < 1.29 is 14.3 Å². The fraction of sp³-hybridized carbons (Fsp3) is 0.478. The fourth-order valence-corrected chi connectivity index (χ4v) is 3.93. The zero-order chi connectivity index (χ0) is 19.9. The highest BCUT2D eigenvalue weighted by Crippen LogP contribution is 2.23. The van der Waals surface area contributed by atoms with E-state index in [2.05, 4.69) is 10.3 Å². The Hall–Kier alpha value is -2.60. The van der Waals surface area contributed by atoms with Gasteiger partial charge >= 0.3 is 6.03 Å². The van der Waals surface area contributed by atoms with E-state index in [0.29, 0.717) is 38.2 Å². The molecule has 1 N–H and O–H groups in total. The molecule has 0 spiro atoms. The number of rotatable bonds is 5. The van der Waals surface area contributed by atoms with Crippen LogP contribution in [0.5, 0.6) is 5.88 Å². The van der Waals surface area contributed by atoms with Crippen LogP contribution in [-0.4, -0.2) is 41.7 Å². The number of nitrogens with zero attached hydrogens (tertiary/aromatic N) is 2. The van der Waals surface area contributed by atoms with E-state index in [9.17, 15) is 4.79 Å². The number of benzene rings is 1. The first-order valence-corrected chi connectivity index (χ1v) is 10.6. The first kappa shape index (κ1) is 19.7. The first-order valence-electron chi connectivity index (χ1n) is 10.6. The molecule has 4 rings (SSSR count). The van der Waals surface area contributed by atoms with Crippen LogP contribution in [0.1, 0.15) is 49.3 Å². The van der Waals surface area contributed by atoms with Crippen molar-refractivity contribution in [1.29, 1.82) is 0 Å². The number of aromatic nitrogens is 1. The molecule has 1 atom stereocenters. The van der Waals surface area contributed by atoms with E-state index < -0.39 is 0 Å². The third-order valence-electron chi connectivity index (χ3n) is 5.57. The van der Waals surface area contributed by atoms with Crippen molar-refractivity contribution in [2.45, 2.75) is 50.9 Å². The van der Waals surface area contributed by atoms with E-state index in [1.807, 2.05) is 47.4 Å². The number of hydrogen-bond donors (Lipinski definition) is 1. The number of pyridine rings is 1. The van der Waals surface area contributed by atoms with Crippen LogP contribution in [0, 0.1) is 0 Å². The van der Waals surface area contributed by atoms with Crippen LogP contribution in [0.2, 0.25) is 0 Å². The molecule has 1 unspecified atom stereocenters. The van der Waals surface area contributed by atoms with Crippen LogP contribution in [-0.2, 0) is 11.3 Å². The summed E-state index contributed by atoms with van der Waals surface area (Å²) < 4.78 is 11.9. The van der Waals surface area contributed by atoms with Crippen molar-refractivity contribution in [2.75, 3.05) is 19.7 Å². The Labute approximate surface area is 172 Å². The molecule has 29 heavy (non-hydrogen) atoms. The van der Waals surface area contributed by atoms with Gasteiger partial charge in [-0.25, -0.2) is 9.78 Å². The summed E-state index contributed by atoms with van der Waals surface area (Å²) in [6, 6.07) is 13.9. The first-order chi connectivity index (χ1) is 14.3. The van der Waals surface area contributed by atoms with E-state index in [0.717, 1.165) is 30.4 Å². The van der Waals surface area contributed by atoms with E-state index in [1.165, 1.54) is 12.8 Å². The summed E-state index contributed by atoms with van der Waals surface area (Å²) in [5.74, 6) is 0.669. The molecule has 154 valence electrons. The molecule has 1 aromatic heterocycles. The number of nitrogens with one attached hydrogen (secondary N) is 1. The molecular weight excluding hydrogens is 366 g/mol. The molecule has 1 aliphatic carbocycles. The average molecular weight is 396 g/mol. The minimum atomic E-state index is -0.0851. The summed E-state index contributed by atoms with van der Waals surface area (Å²) in [7, 11) is 0. The highest BCUT2D eigenvalue weighted by Gasteiger charge is 2.23. The van der Waals surface area contributed by atoms with Gasteiger partial charge in [0.15, 0.2) is 0 Å². The lowest BCUT2D eigenvalue weighted by atomic mass is 10.1. The Balaban J connectivity index is 1.29. The summed E-state index contributed by atoms with van der Waals surface area (Å²) in [5.41, 5.74) is 2.07. The zero-order valence-electron chi connectivity index (χ0n) is 16.8. The monoisotopic (exact) mass is 395 g/mol. The molecule has 1 saturated carbocycles. The van der Waals surface area contributed by atoms with Gasteiger partial charge in [-0.15, -0.1) is 0 Å². The lowest BCUT2D eigenvalue weighted by Crippen LogP contribution is -2.41. The maximum Gasteiger partial charge on any atom is 0.317 e. The van der Waals surface area contributed by atoms with E-state index in [4.69, 9.17) is 9.47 Å². The predicted octanol–water partition coefficient (Wildman–Crippen LogP) is 4.08. The van der Waals surface area contributed by atoms with Gasteiger partial charge in [0, 0.05) is 32.0 Å². The van der Waals surface area contributed by atoms with Crippen molar-refractivity contribution in [3.63, 3.8) is 0 Å². The summed E-state index contributed by atoms with van der Waals surface area (Å²) in [5, 5.41) is 3.01. The summed E-state index contributed by atoms with van der Waals surface area (Å²) in [4.78, 5) is 18.9. The molecule has 6 nitrogen and oxygen atoms in total. The number of ether oxygens (including phenoxy) is 2. The standard InChI is InChI=1S/C23H29N3O3/c27-23(26-13-6-14-28-21(17-26)19-7-2-1-3-8-19)25-16-18-11-12-22(24-15-18)29-20-9-4-5-10-20/h1-3,7-8,11-12,15,20-21H,4-6,9-10,13-14,16-17H2,(H,25,27). The van der Waals surface area contributed by atoms with Crippen LogP contribution in [0.3, 0.4) is 0 Å². The second-order valence-corrected chi connectivity index (χ2v) is 7.76. The third kappa shape index (κ3) is 5.48. The SMILES string of the molecule is O=C(NCc1ccc(OC2CCCC2)nc1)N1CCCOC(c2ccccc2)C1. The van der Waals surface area contributed by atoms with Gasteiger partial charge in [-0.2, -0.15) is 0 Å². The Morgan fingerprint density at radius 3 is 2.72 bits per heavy atom. The van der Waals surface area contributed by atoms with Crippen molar-refractivity contribution in [1.82, 2.24) is 15.2 Å². The fourth-order valence-electron chi connectivity index (χ4n) is 3.93. The number of carbonyl (C=O) groups is 1. The van der Waals surface area contributed by atoms with E-state index in [1.54, 1.807) is 6.20 Å². The van der Waals surface area contributed by atoms with Crippen LogP contribution >= 0.6 is 0 Å². The van der Waals surface area contributed by atoms with Crippen LogP contribution in [0.15, 0.2) is 48.7 Å². The topological polar surface area (TPSA) is 63.7 Å². The third-order valence-corrected chi connectivity index (χ3v) is 5.57. The molecule has 0 bridgehead atoms. The minimum absolute atomic E-state index is 0.0669. The molecule has 0 radical (unpaired) electrons. The Kier molecular flexibility index (Phi) is 6.62. The van der Waals surface area contributed by atoms with E-state index >= 15 is 0 Å². The van der Waals surface area contributed by atoms with Gasteiger partial charge < -0.3 is 19.7 Å². The van der Waals surface area contributed by atoms with Crippen molar-refractivity contribution in [2.24, 2.45) is 0 Å². The zero-order valence-corrected chi connectivity index (χ0v) is 16.8. The van der Waals surface area contributed by atoms with Gasteiger partial charge in [0.25, 0.3) is 0 Å². The van der Waals surface area contributed by atoms with Crippen LogP contribution in [0.4, 0.5) is 4.79 Å². The Morgan fingerprint density at radius 2 is 1.97 bits per heavy atom. The highest BCUT2D eigenvalue weighted by molar-refractivity contribution is 5.74. The quantitative estimate of drug-likeness (QED) is 0.829. The maximum atomic E-state index is 12.7. The summed E-state index contributed by atoms with van der Waals surface area (Å²) >= 11 is 0. The largest absolute Gasteiger partial charge is 0.474 e. The molecule has 2 aliphatic rings. The number of urea groups is 1. The van der Waals surface area contributed by atoms with Crippen molar-refractivity contribution >= 4 is 6.03 Å². The predicted molar refractivity (Wildman–Crippen MR) is 111 cm³/mol. The highest BCUT2D eigenvalue weighted by atomic mass is 16.5. The summed E-state index contributed by atoms with van der Waals surface area (Å²) in [6.45, 7) is 2.36. The number of hydrogen-bond acceptors (Lipinski definition) is 4. The molecule has 1 aliphatic heterocycles. The Morgan fingerprint density at radius 1 is 1.14 bits per heavy atom. The van der Waals surface area contributed by atoms with E-state index in [-0.39, 0.29) is 12.1 Å². The molecule has 2 aromatic rings. The van der Waals surface area contributed by atoms with Gasteiger partial charge in [-0.1, -0.05) is 36.4 Å². The van der Waals surface area contributed by atoms with Crippen molar-refractivity contribution in [3.8, 4) is 5.88 Å². The van der Waals surface area contributed by atoms with Crippen LogP contribution in [0.25, 0.3) is 0 Å². The van der Waals surface area contributed by atoms with Gasteiger partial charge in [-0.05, 0) is 43.2 Å². The molecule has 2 heterocycles. The van der Waals surface area contributed by atoms with Gasteiger partial charge in [-0.3, -0.25) is 0 Å². The molecule has 1 aromatic carbocycles. The smallest absolute Gasteiger partial charge is 0.317 e. The second kappa shape index (κ2) is 9.74. The summed E-state index contributed by atoms with van der Waals surface area (Å²) in [6.07, 6.45) is 7.54. The normalized spacial score (nSPS) is 20.3. The molecule has 1 saturated heterocycles. The average Bonchev–Trinajstić information content (AvgIpc) is 3.15. The number of amides is 2. The Bertz CT molecular complexity index is 776. The molecular formula is C23H29N3O3. The van der Waals surface area contributed by atoms with Crippen LogP contribution < -0.4 is 10.1 Å². The maximum absolute atomic E-state index is 12.7. The molecule has 6 heteroatoms. The second-order valence-electron chi connectivity index (χ2n) is 7.76.